The zero-order valence-corrected chi connectivity index (χ0v) is 8.49. The monoisotopic (exact) mass is 274 g/mol. The van der Waals surface area contributed by atoms with Crippen LogP contribution in [0.5, 0.6) is 0 Å². The molecule has 7 nitrogen and oxygen atoms in total. The first-order valence-corrected chi connectivity index (χ1v) is 4.34. The van der Waals surface area contributed by atoms with Crippen molar-refractivity contribution in [2.75, 3.05) is 6.61 Å². The maximum atomic E-state index is 10.4. The lowest BCUT2D eigenvalue weighted by molar-refractivity contribution is -0.169. The molecule has 14 heavy (non-hydrogen) atoms. The maximum absolute atomic E-state index is 10.4. The van der Waals surface area contributed by atoms with Gasteiger partial charge in [-0.25, -0.2) is 4.79 Å². The molecule has 0 aromatic carbocycles. The van der Waals surface area contributed by atoms with E-state index in [0.29, 0.717) is 0 Å². The van der Waals surface area contributed by atoms with Gasteiger partial charge in [-0.1, -0.05) is 0 Å². The molecule has 0 unspecified atom stereocenters. The number of carbonyl (C=O) groups is 1. The van der Waals surface area contributed by atoms with Gasteiger partial charge in [0, 0.05) is 0 Å². The number of alkyl halides is 1. The highest BCUT2D eigenvalue weighted by Crippen LogP contribution is 2.23. The molecule has 6 N–H and O–H groups in total. The molecule has 0 aliphatic heterocycles. The van der Waals surface area contributed by atoms with E-state index in [-0.39, 0.29) is 0 Å². The Hall–Kier alpha value is -0.250. The SMILES string of the molecule is O=C(O)[C@@](O)(Br)[C@@H](O)[C@H](O)[C@H](O)CO. The fourth-order valence-electron chi connectivity index (χ4n) is 0.671. The van der Waals surface area contributed by atoms with Crippen LogP contribution in [0.2, 0.25) is 0 Å². The lowest BCUT2D eigenvalue weighted by atomic mass is 10.0. The summed E-state index contributed by atoms with van der Waals surface area (Å²) < 4.78 is -2.78. The van der Waals surface area contributed by atoms with Crippen LogP contribution in [0.15, 0.2) is 0 Å². The summed E-state index contributed by atoms with van der Waals surface area (Å²) >= 11 is 2.26. The summed E-state index contributed by atoms with van der Waals surface area (Å²) in [6.07, 6.45) is -5.91. The van der Waals surface area contributed by atoms with Crippen LogP contribution in [0.3, 0.4) is 0 Å². The van der Waals surface area contributed by atoms with Crippen molar-refractivity contribution in [2.45, 2.75) is 22.8 Å². The number of hydrogen-bond acceptors (Lipinski definition) is 6. The number of carboxylic acid groups (broad SMARTS) is 1. The van der Waals surface area contributed by atoms with Gasteiger partial charge in [-0.3, -0.25) is 0 Å². The summed E-state index contributed by atoms with van der Waals surface area (Å²) in [6.45, 7) is -0.874. The van der Waals surface area contributed by atoms with Crippen LogP contribution < -0.4 is 0 Å². The van der Waals surface area contributed by atoms with Crippen LogP contribution in [0.1, 0.15) is 0 Å². The topological polar surface area (TPSA) is 138 Å². The van der Waals surface area contributed by atoms with Crippen molar-refractivity contribution in [2.24, 2.45) is 0 Å². The van der Waals surface area contributed by atoms with E-state index < -0.39 is 35.4 Å². The molecule has 0 fully saturated rings. The molecule has 0 spiro atoms. The molecule has 0 amide bonds. The second kappa shape index (κ2) is 5.01. The highest BCUT2D eigenvalue weighted by Gasteiger charge is 2.46. The van der Waals surface area contributed by atoms with Crippen molar-refractivity contribution in [3.8, 4) is 0 Å². The van der Waals surface area contributed by atoms with Gasteiger partial charge in [0.2, 0.25) is 4.51 Å². The van der Waals surface area contributed by atoms with Crippen molar-refractivity contribution in [3.05, 3.63) is 0 Å². The van der Waals surface area contributed by atoms with Crippen LogP contribution >= 0.6 is 15.9 Å². The Morgan fingerprint density at radius 2 is 1.79 bits per heavy atom. The predicted octanol–water partition coefficient (Wildman–Crippen LogP) is -2.77. The van der Waals surface area contributed by atoms with Gasteiger partial charge >= 0.3 is 5.97 Å². The molecule has 4 atom stereocenters. The summed E-state index contributed by atoms with van der Waals surface area (Å²) in [5, 5.41) is 52.9. The van der Waals surface area contributed by atoms with E-state index in [4.69, 9.17) is 30.6 Å². The van der Waals surface area contributed by atoms with Gasteiger partial charge in [0.05, 0.1) is 6.61 Å². The van der Waals surface area contributed by atoms with Crippen molar-refractivity contribution < 1.29 is 35.4 Å². The molecule has 0 aromatic rings. The Labute approximate surface area is 87.4 Å². The standard InChI is InChI=1S/C6H11BrO7/c7-6(14,5(12)13)4(11)3(10)2(9)1-8/h2-4,8-11,14H,1H2,(H,12,13)/t2-,3-,4+,6-/m1/s1. The molecule has 8 heteroatoms. The van der Waals surface area contributed by atoms with Crippen molar-refractivity contribution in [1.29, 1.82) is 0 Å². The quantitative estimate of drug-likeness (QED) is 0.298. The Kier molecular flexibility index (Phi) is 4.92. The molecule has 0 aromatic heterocycles. The Morgan fingerprint density at radius 1 is 1.36 bits per heavy atom. The summed E-state index contributed by atoms with van der Waals surface area (Å²) in [5.74, 6) is -1.82. The van der Waals surface area contributed by atoms with E-state index >= 15 is 0 Å². The first kappa shape index (κ1) is 13.8. The first-order valence-electron chi connectivity index (χ1n) is 3.54. The third-order valence-corrected chi connectivity index (χ3v) is 2.40. The average Bonchev–Trinajstić information content (AvgIpc) is 2.13. The van der Waals surface area contributed by atoms with Crippen LogP contribution in [0.25, 0.3) is 0 Å². The minimum Gasteiger partial charge on any atom is -0.478 e. The normalized spacial score (nSPS) is 22.1. The zero-order valence-electron chi connectivity index (χ0n) is 6.91. The molecule has 0 rings (SSSR count). The first-order chi connectivity index (χ1) is 6.25. The number of aliphatic carboxylic acids is 1. The van der Waals surface area contributed by atoms with Crippen LogP contribution in [0.4, 0.5) is 0 Å². The number of halogens is 1. The molecule has 0 aliphatic rings. The average molecular weight is 275 g/mol. The van der Waals surface area contributed by atoms with Gasteiger partial charge in [-0.15, -0.1) is 0 Å². The minimum atomic E-state index is -2.78. The molecule has 0 heterocycles. The largest absolute Gasteiger partial charge is 0.478 e. The van der Waals surface area contributed by atoms with Crippen LogP contribution in [-0.2, 0) is 4.79 Å². The third kappa shape index (κ3) is 2.87. The van der Waals surface area contributed by atoms with E-state index in [0.717, 1.165) is 0 Å². The van der Waals surface area contributed by atoms with E-state index in [2.05, 4.69) is 15.9 Å². The molecular weight excluding hydrogens is 264 g/mol. The number of aliphatic hydroxyl groups is 5. The zero-order chi connectivity index (χ0) is 11.5. The van der Waals surface area contributed by atoms with Crippen molar-refractivity contribution in [1.82, 2.24) is 0 Å². The van der Waals surface area contributed by atoms with Crippen LogP contribution in [-0.4, -0.2) is 66.0 Å². The summed E-state index contributed by atoms with van der Waals surface area (Å²) in [7, 11) is 0. The number of rotatable bonds is 5. The highest BCUT2D eigenvalue weighted by atomic mass is 79.9. The van der Waals surface area contributed by atoms with E-state index in [1.165, 1.54) is 0 Å². The molecule has 0 aliphatic carbocycles. The van der Waals surface area contributed by atoms with Gasteiger partial charge in [-0.2, -0.15) is 0 Å². The lowest BCUT2D eigenvalue weighted by Crippen LogP contribution is -2.54. The van der Waals surface area contributed by atoms with Gasteiger partial charge in [0.25, 0.3) is 0 Å². The van der Waals surface area contributed by atoms with Crippen molar-refractivity contribution >= 4 is 21.9 Å². The molecular formula is C6H11BrO7. The second-order valence-electron chi connectivity index (χ2n) is 2.66. The molecule has 0 radical (unpaired) electrons. The Bertz CT molecular complexity index is 206. The molecule has 0 bridgehead atoms. The molecule has 0 saturated heterocycles. The Balaban J connectivity index is 4.60. The van der Waals surface area contributed by atoms with E-state index in [1.54, 1.807) is 0 Å². The molecule has 0 saturated carbocycles. The second-order valence-corrected chi connectivity index (χ2v) is 3.87. The van der Waals surface area contributed by atoms with Gasteiger partial charge in [0.1, 0.15) is 18.3 Å². The predicted molar refractivity (Wildman–Crippen MR) is 46.6 cm³/mol. The third-order valence-electron chi connectivity index (χ3n) is 1.60. The molecule has 84 valence electrons. The number of aliphatic hydroxyl groups excluding tert-OH is 4. The van der Waals surface area contributed by atoms with Gasteiger partial charge in [0.15, 0.2) is 0 Å². The van der Waals surface area contributed by atoms with Gasteiger partial charge < -0.3 is 30.6 Å². The number of carboxylic acids is 1. The van der Waals surface area contributed by atoms with Crippen molar-refractivity contribution in [3.63, 3.8) is 0 Å². The number of hydrogen-bond donors (Lipinski definition) is 6. The lowest BCUT2D eigenvalue weighted by Gasteiger charge is -2.28. The van der Waals surface area contributed by atoms with Crippen LogP contribution in [0, 0.1) is 0 Å². The van der Waals surface area contributed by atoms with E-state index in [1.807, 2.05) is 0 Å². The fourth-order valence-corrected chi connectivity index (χ4v) is 0.942. The smallest absolute Gasteiger partial charge is 0.349 e. The highest BCUT2D eigenvalue weighted by molar-refractivity contribution is 9.10. The van der Waals surface area contributed by atoms with Gasteiger partial charge in [-0.05, 0) is 15.9 Å². The summed E-state index contributed by atoms with van der Waals surface area (Å²) in [5.41, 5.74) is 0. The fraction of sp³-hybridized carbons (Fsp3) is 0.833. The summed E-state index contributed by atoms with van der Waals surface area (Å²) in [6, 6.07) is 0. The summed E-state index contributed by atoms with van der Waals surface area (Å²) in [4.78, 5) is 10.4. The maximum Gasteiger partial charge on any atom is 0.349 e. The minimum absolute atomic E-state index is 0.874. The Morgan fingerprint density at radius 3 is 2.07 bits per heavy atom. The van der Waals surface area contributed by atoms with E-state index in [9.17, 15) is 4.79 Å².